The quantitative estimate of drug-likeness (QED) is 0.704. The van der Waals surface area contributed by atoms with Gasteiger partial charge in [-0.2, -0.15) is 16.7 Å². The van der Waals surface area contributed by atoms with Gasteiger partial charge in [0.05, 0.1) is 5.75 Å². The Hall–Kier alpha value is -0.550. The highest BCUT2D eigenvalue weighted by molar-refractivity contribution is 7.99. The van der Waals surface area contributed by atoms with Crippen LogP contribution < -0.4 is 5.73 Å². The Morgan fingerprint density at radius 3 is 2.74 bits per heavy atom. The lowest BCUT2D eigenvalue weighted by molar-refractivity contribution is 0.370. The molecule has 2 N–H and O–H groups in total. The number of hydrogen-bond donors (Lipinski definition) is 1. The van der Waals surface area contributed by atoms with Crippen LogP contribution in [0.1, 0.15) is 63.1 Å². The van der Waals surface area contributed by atoms with Crippen LogP contribution in [0.4, 0.5) is 0 Å². The smallest absolute Gasteiger partial charge is 0.226 e. The van der Waals surface area contributed by atoms with Gasteiger partial charge < -0.3 is 10.3 Å². The Morgan fingerprint density at radius 1 is 1.16 bits per heavy atom. The summed E-state index contributed by atoms with van der Waals surface area (Å²) in [5.41, 5.74) is 5.47. The molecule has 0 bridgehead atoms. The third-order valence-corrected chi connectivity index (χ3v) is 4.97. The number of thioether (sulfide) groups is 1. The Morgan fingerprint density at radius 2 is 1.95 bits per heavy atom. The van der Waals surface area contributed by atoms with Gasteiger partial charge in [0, 0.05) is 11.7 Å². The Kier molecular flexibility index (Phi) is 6.71. The summed E-state index contributed by atoms with van der Waals surface area (Å²) in [5.74, 6) is 2.57. The first-order chi connectivity index (χ1) is 9.38. The van der Waals surface area contributed by atoms with E-state index in [0.29, 0.717) is 0 Å². The van der Waals surface area contributed by atoms with Crippen LogP contribution in [0.25, 0.3) is 0 Å². The molecular weight excluding hydrogens is 258 g/mol. The number of aromatic nitrogens is 2. The van der Waals surface area contributed by atoms with E-state index in [-0.39, 0.29) is 0 Å². The molecule has 0 unspecified atom stereocenters. The Balaban J connectivity index is 1.61. The zero-order valence-corrected chi connectivity index (χ0v) is 12.5. The van der Waals surface area contributed by atoms with Gasteiger partial charge in [-0.15, -0.1) is 0 Å². The molecule has 19 heavy (non-hydrogen) atoms. The Labute approximate surface area is 119 Å². The molecule has 0 spiro atoms. The van der Waals surface area contributed by atoms with Gasteiger partial charge in [0.25, 0.3) is 0 Å². The van der Waals surface area contributed by atoms with Crippen molar-refractivity contribution in [2.24, 2.45) is 5.73 Å². The van der Waals surface area contributed by atoms with Crippen LogP contribution >= 0.6 is 11.8 Å². The molecule has 1 aliphatic rings. The van der Waals surface area contributed by atoms with Gasteiger partial charge in [0.15, 0.2) is 5.82 Å². The second kappa shape index (κ2) is 8.59. The Bertz CT molecular complexity index is 350. The van der Waals surface area contributed by atoms with Gasteiger partial charge in [-0.3, -0.25) is 0 Å². The first kappa shape index (κ1) is 14.9. The fourth-order valence-electron chi connectivity index (χ4n) is 2.47. The van der Waals surface area contributed by atoms with Crippen molar-refractivity contribution in [1.82, 2.24) is 10.1 Å². The van der Waals surface area contributed by atoms with Gasteiger partial charge in [0.2, 0.25) is 5.89 Å². The number of nitrogens with two attached hydrogens (primary N) is 1. The number of nitrogens with zero attached hydrogens (tertiary/aromatic N) is 2. The zero-order chi connectivity index (χ0) is 13.3. The predicted molar refractivity (Wildman–Crippen MR) is 79.1 cm³/mol. The number of hydrogen-bond acceptors (Lipinski definition) is 5. The zero-order valence-electron chi connectivity index (χ0n) is 11.6. The minimum absolute atomic E-state index is 0.795. The van der Waals surface area contributed by atoms with E-state index in [1.807, 2.05) is 11.8 Å². The number of aryl methyl sites for hydroxylation is 1. The molecule has 0 radical (unpaired) electrons. The monoisotopic (exact) mass is 283 g/mol. The maximum absolute atomic E-state index is 5.47. The van der Waals surface area contributed by atoms with Gasteiger partial charge in [-0.1, -0.05) is 30.8 Å². The van der Waals surface area contributed by atoms with Gasteiger partial charge in [-0.05, 0) is 32.2 Å². The molecule has 1 heterocycles. The predicted octanol–water partition coefficient (Wildman–Crippen LogP) is 3.31. The molecule has 1 fully saturated rings. The van der Waals surface area contributed by atoms with E-state index >= 15 is 0 Å². The van der Waals surface area contributed by atoms with Crippen LogP contribution in [0, 0.1) is 0 Å². The van der Waals surface area contributed by atoms with Gasteiger partial charge in [-0.25, -0.2) is 0 Å². The highest BCUT2D eigenvalue weighted by Crippen LogP contribution is 2.30. The maximum atomic E-state index is 5.47. The van der Waals surface area contributed by atoms with Crippen molar-refractivity contribution in [2.75, 3.05) is 6.54 Å². The van der Waals surface area contributed by atoms with E-state index in [1.54, 1.807) is 0 Å². The fourth-order valence-corrected chi connectivity index (χ4v) is 3.64. The number of unbranched alkanes of at least 4 members (excludes halogenated alkanes) is 3. The highest BCUT2D eigenvalue weighted by atomic mass is 32.2. The molecule has 0 aliphatic heterocycles. The van der Waals surface area contributed by atoms with E-state index in [9.17, 15) is 0 Å². The molecule has 1 aliphatic carbocycles. The first-order valence-electron chi connectivity index (χ1n) is 7.51. The third-order valence-electron chi connectivity index (χ3n) is 3.61. The topological polar surface area (TPSA) is 64.9 Å². The third kappa shape index (κ3) is 5.53. The van der Waals surface area contributed by atoms with Crippen molar-refractivity contribution in [2.45, 2.75) is 68.8 Å². The SMILES string of the molecule is NCCCCCCc1nc(CSC2CCCC2)no1. The summed E-state index contributed by atoms with van der Waals surface area (Å²) in [4.78, 5) is 4.47. The summed E-state index contributed by atoms with van der Waals surface area (Å²) in [7, 11) is 0. The minimum Gasteiger partial charge on any atom is -0.339 e. The molecule has 0 amide bonds. The molecule has 0 atom stereocenters. The summed E-state index contributed by atoms with van der Waals surface area (Å²) in [5, 5.41) is 4.88. The van der Waals surface area contributed by atoms with Crippen molar-refractivity contribution >= 4 is 11.8 Å². The van der Waals surface area contributed by atoms with Crippen LogP contribution in [-0.2, 0) is 12.2 Å². The average Bonchev–Trinajstić information content (AvgIpc) is 3.07. The van der Waals surface area contributed by atoms with Crippen LogP contribution in [0.3, 0.4) is 0 Å². The lowest BCUT2D eigenvalue weighted by Crippen LogP contribution is -1.98. The van der Waals surface area contributed by atoms with E-state index in [2.05, 4.69) is 10.1 Å². The molecule has 108 valence electrons. The fraction of sp³-hybridized carbons (Fsp3) is 0.857. The largest absolute Gasteiger partial charge is 0.339 e. The molecule has 1 saturated carbocycles. The van der Waals surface area contributed by atoms with Gasteiger partial charge in [0.1, 0.15) is 0 Å². The molecule has 1 aromatic heterocycles. The highest BCUT2D eigenvalue weighted by Gasteiger charge is 2.16. The van der Waals surface area contributed by atoms with Crippen molar-refractivity contribution in [3.63, 3.8) is 0 Å². The van der Waals surface area contributed by atoms with Crippen LogP contribution in [0.2, 0.25) is 0 Å². The van der Waals surface area contributed by atoms with Crippen molar-refractivity contribution in [3.8, 4) is 0 Å². The van der Waals surface area contributed by atoms with E-state index in [0.717, 1.165) is 48.5 Å². The van der Waals surface area contributed by atoms with Gasteiger partial charge >= 0.3 is 0 Å². The lowest BCUT2D eigenvalue weighted by Gasteiger charge is -2.04. The molecule has 4 nitrogen and oxygen atoms in total. The van der Waals surface area contributed by atoms with E-state index < -0.39 is 0 Å². The molecule has 5 heteroatoms. The molecule has 0 aromatic carbocycles. The second-order valence-corrected chi connectivity index (χ2v) is 6.56. The lowest BCUT2D eigenvalue weighted by atomic mass is 10.1. The normalized spacial score (nSPS) is 16.3. The van der Waals surface area contributed by atoms with Crippen LogP contribution in [0.15, 0.2) is 4.52 Å². The molecule has 0 saturated heterocycles. The van der Waals surface area contributed by atoms with E-state index in [4.69, 9.17) is 10.3 Å². The summed E-state index contributed by atoms with van der Waals surface area (Å²) in [6.45, 7) is 0.795. The van der Waals surface area contributed by atoms with E-state index in [1.165, 1.54) is 38.5 Å². The second-order valence-electron chi connectivity index (χ2n) is 5.27. The molecule has 2 rings (SSSR count). The number of rotatable bonds is 9. The van der Waals surface area contributed by atoms with Crippen LogP contribution in [0.5, 0.6) is 0 Å². The van der Waals surface area contributed by atoms with Crippen molar-refractivity contribution < 1.29 is 4.52 Å². The standard InChI is InChI=1S/C14H25N3OS/c15-10-6-2-1-3-9-14-16-13(17-18-14)11-19-12-7-4-5-8-12/h12H,1-11,15H2. The first-order valence-corrected chi connectivity index (χ1v) is 8.56. The minimum atomic E-state index is 0.795. The average molecular weight is 283 g/mol. The van der Waals surface area contributed by atoms with Crippen molar-refractivity contribution in [3.05, 3.63) is 11.7 Å². The van der Waals surface area contributed by atoms with Crippen LogP contribution in [-0.4, -0.2) is 21.9 Å². The summed E-state index contributed by atoms with van der Waals surface area (Å²) in [6, 6.07) is 0. The maximum Gasteiger partial charge on any atom is 0.226 e. The summed E-state index contributed by atoms with van der Waals surface area (Å²) in [6.07, 6.45) is 11.0. The van der Waals surface area contributed by atoms with Crippen molar-refractivity contribution in [1.29, 1.82) is 0 Å². The molecular formula is C14H25N3OS. The summed E-state index contributed by atoms with van der Waals surface area (Å²) < 4.78 is 5.29. The molecule has 1 aromatic rings. The summed E-state index contributed by atoms with van der Waals surface area (Å²) >= 11 is 1.99.